The lowest BCUT2D eigenvalue weighted by molar-refractivity contribution is -0.117. The van der Waals surface area contributed by atoms with Crippen LogP contribution in [0.4, 0.5) is 5.69 Å². The Balaban J connectivity index is 2.70. The van der Waals surface area contributed by atoms with Crippen LogP contribution in [0.15, 0.2) is 12.1 Å². The molecule has 5 nitrogen and oxygen atoms in total. The second-order valence-electron chi connectivity index (χ2n) is 4.59. The van der Waals surface area contributed by atoms with Gasteiger partial charge in [-0.1, -0.05) is 29.3 Å². The van der Waals surface area contributed by atoms with Gasteiger partial charge >= 0.3 is 0 Å². The standard InChI is InChI=1S/C14H20Cl2N2O3/c1-10-3-4-11(15)14(13(10)16)17-12(20)9-18(5-7-19)6-8-21-2/h3-4,19H,5-9H2,1-2H3,(H,17,20). The van der Waals surface area contributed by atoms with Crippen molar-refractivity contribution in [1.82, 2.24) is 4.90 Å². The van der Waals surface area contributed by atoms with Crippen LogP contribution >= 0.6 is 23.2 Å². The van der Waals surface area contributed by atoms with E-state index in [1.165, 1.54) is 0 Å². The lowest BCUT2D eigenvalue weighted by Crippen LogP contribution is -2.37. The summed E-state index contributed by atoms with van der Waals surface area (Å²) < 4.78 is 4.98. The minimum Gasteiger partial charge on any atom is -0.395 e. The fraction of sp³-hybridized carbons (Fsp3) is 0.500. The maximum absolute atomic E-state index is 12.1. The Morgan fingerprint density at radius 2 is 2.10 bits per heavy atom. The molecule has 1 aromatic carbocycles. The average molecular weight is 335 g/mol. The van der Waals surface area contributed by atoms with Crippen molar-refractivity contribution in [2.45, 2.75) is 6.92 Å². The third-order valence-corrected chi connectivity index (χ3v) is 3.75. The third-order valence-electron chi connectivity index (χ3n) is 2.94. The number of methoxy groups -OCH3 is 1. The number of carbonyl (C=O) groups excluding carboxylic acids is 1. The molecule has 0 bridgehead atoms. The number of nitrogens with one attached hydrogen (secondary N) is 1. The van der Waals surface area contributed by atoms with Crippen LogP contribution in [0.5, 0.6) is 0 Å². The number of rotatable bonds is 8. The zero-order valence-corrected chi connectivity index (χ0v) is 13.7. The minimum absolute atomic E-state index is 0.0248. The molecule has 1 amide bonds. The third kappa shape index (κ3) is 5.80. The first-order valence-corrected chi connectivity index (χ1v) is 7.31. The van der Waals surface area contributed by atoms with Crippen molar-refractivity contribution in [3.63, 3.8) is 0 Å². The first-order chi connectivity index (χ1) is 9.99. The predicted molar refractivity (Wildman–Crippen MR) is 85.2 cm³/mol. The minimum atomic E-state index is -0.242. The summed E-state index contributed by atoms with van der Waals surface area (Å²) in [6.45, 7) is 3.38. The van der Waals surface area contributed by atoms with Gasteiger partial charge in [-0.3, -0.25) is 9.69 Å². The quantitative estimate of drug-likeness (QED) is 0.764. The van der Waals surface area contributed by atoms with Crippen LogP contribution < -0.4 is 5.32 Å². The molecule has 0 aromatic heterocycles. The lowest BCUT2D eigenvalue weighted by atomic mass is 10.2. The molecule has 0 aliphatic rings. The molecule has 0 radical (unpaired) electrons. The average Bonchev–Trinajstić information content (AvgIpc) is 2.45. The van der Waals surface area contributed by atoms with Crippen LogP contribution in [0.1, 0.15) is 5.56 Å². The largest absolute Gasteiger partial charge is 0.395 e. The highest BCUT2D eigenvalue weighted by Gasteiger charge is 2.14. The van der Waals surface area contributed by atoms with Gasteiger partial charge in [-0.15, -0.1) is 0 Å². The molecule has 0 fully saturated rings. The molecule has 21 heavy (non-hydrogen) atoms. The first kappa shape index (κ1) is 18.2. The van der Waals surface area contributed by atoms with Gasteiger partial charge in [-0.25, -0.2) is 0 Å². The fourth-order valence-electron chi connectivity index (χ4n) is 1.79. The molecule has 0 aliphatic heterocycles. The lowest BCUT2D eigenvalue weighted by Gasteiger charge is -2.20. The number of aryl methyl sites for hydroxylation is 1. The Labute approximate surface area is 134 Å². The summed E-state index contributed by atoms with van der Waals surface area (Å²) in [4.78, 5) is 13.9. The van der Waals surface area contributed by atoms with Gasteiger partial charge in [0.15, 0.2) is 0 Å². The number of aliphatic hydroxyl groups is 1. The Morgan fingerprint density at radius 1 is 1.38 bits per heavy atom. The second kappa shape index (κ2) is 9.23. The molecule has 1 rings (SSSR count). The normalized spacial score (nSPS) is 11.0. The van der Waals surface area contributed by atoms with Crippen LogP contribution in [0, 0.1) is 6.92 Å². The monoisotopic (exact) mass is 334 g/mol. The molecule has 1 aromatic rings. The van der Waals surface area contributed by atoms with Gasteiger partial charge in [0.2, 0.25) is 5.91 Å². The molecule has 0 unspecified atom stereocenters. The number of anilines is 1. The number of hydrogen-bond acceptors (Lipinski definition) is 4. The van der Waals surface area contributed by atoms with E-state index in [2.05, 4.69) is 5.32 Å². The van der Waals surface area contributed by atoms with E-state index in [1.807, 2.05) is 6.92 Å². The molecular weight excluding hydrogens is 315 g/mol. The molecule has 0 saturated heterocycles. The molecule has 0 heterocycles. The van der Waals surface area contributed by atoms with Crippen molar-refractivity contribution in [3.05, 3.63) is 27.7 Å². The van der Waals surface area contributed by atoms with Crippen LogP contribution in [0.25, 0.3) is 0 Å². The fourth-order valence-corrected chi connectivity index (χ4v) is 2.25. The number of hydrogen-bond donors (Lipinski definition) is 2. The van der Waals surface area contributed by atoms with Crippen LogP contribution in [0.2, 0.25) is 10.0 Å². The van der Waals surface area contributed by atoms with Crippen LogP contribution in [0.3, 0.4) is 0 Å². The van der Waals surface area contributed by atoms with Crippen molar-refractivity contribution >= 4 is 34.8 Å². The molecule has 0 aliphatic carbocycles. The molecule has 0 saturated carbocycles. The molecule has 0 spiro atoms. The van der Waals surface area contributed by atoms with Crippen molar-refractivity contribution in [2.24, 2.45) is 0 Å². The number of benzene rings is 1. The maximum Gasteiger partial charge on any atom is 0.238 e. The van der Waals surface area contributed by atoms with Crippen LogP contribution in [-0.2, 0) is 9.53 Å². The van der Waals surface area contributed by atoms with E-state index in [0.29, 0.717) is 35.4 Å². The Bertz CT molecular complexity index is 484. The van der Waals surface area contributed by atoms with E-state index >= 15 is 0 Å². The highest BCUT2D eigenvalue weighted by molar-refractivity contribution is 6.40. The molecule has 0 atom stereocenters. The zero-order chi connectivity index (χ0) is 15.8. The van der Waals surface area contributed by atoms with Gasteiger partial charge in [0, 0.05) is 20.2 Å². The molecule has 7 heteroatoms. The van der Waals surface area contributed by atoms with Gasteiger partial charge in [-0.2, -0.15) is 0 Å². The number of amides is 1. The zero-order valence-electron chi connectivity index (χ0n) is 12.2. The van der Waals surface area contributed by atoms with Crippen molar-refractivity contribution in [1.29, 1.82) is 0 Å². The van der Waals surface area contributed by atoms with E-state index in [1.54, 1.807) is 24.1 Å². The molecule has 2 N–H and O–H groups in total. The number of aliphatic hydroxyl groups excluding tert-OH is 1. The molecule has 118 valence electrons. The van der Waals surface area contributed by atoms with E-state index in [4.69, 9.17) is 33.0 Å². The highest BCUT2D eigenvalue weighted by Crippen LogP contribution is 2.32. The van der Waals surface area contributed by atoms with E-state index in [-0.39, 0.29) is 19.1 Å². The van der Waals surface area contributed by atoms with Gasteiger partial charge in [0.25, 0.3) is 0 Å². The van der Waals surface area contributed by atoms with Crippen molar-refractivity contribution < 1.29 is 14.6 Å². The summed E-state index contributed by atoms with van der Waals surface area (Å²) in [5, 5.41) is 12.5. The Kier molecular flexibility index (Phi) is 8.00. The van der Waals surface area contributed by atoms with E-state index in [9.17, 15) is 4.79 Å². The van der Waals surface area contributed by atoms with Gasteiger partial charge in [-0.05, 0) is 18.6 Å². The van der Waals surface area contributed by atoms with Crippen molar-refractivity contribution in [2.75, 3.05) is 45.3 Å². The number of ether oxygens (including phenoxy) is 1. The molecular formula is C14H20Cl2N2O3. The topological polar surface area (TPSA) is 61.8 Å². The smallest absolute Gasteiger partial charge is 0.238 e. The summed E-state index contributed by atoms with van der Waals surface area (Å²) in [6, 6.07) is 3.48. The highest BCUT2D eigenvalue weighted by atomic mass is 35.5. The second-order valence-corrected chi connectivity index (χ2v) is 5.38. The maximum atomic E-state index is 12.1. The summed E-state index contributed by atoms with van der Waals surface area (Å²) in [7, 11) is 1.59. The van der Waals surface area contributed by atoms with Gasteiger partial charge < -0.3 is 15.2 Å². The van der Waals surface area contributed by atoms with E-state index in [0.717, 1.165) is 5.56 Å². The van der Waals surface area contributed by atoms with E-state index < -0.39 is 0 Å². The SMILES string of the molecule is COCCN(CCO)CC(=O)Nc1c(Cl)ccc(C)c1Cl. The summed E-state index contributed by atoms with van der Waals surface area (Å²) in [5.74, 6) is -0.242. The number of nitrogens with zero attached hydrogens (tertiary/aromatic N) is 1. The Hall–Kier alpha value is -0.850. The Morgan fingerprint density at radius 3 is 2.71 bits per heavy atom. The van der Waals surface area contributed by atoms with Crippen LogP contribution in [-0.4, -0.2) is 55.9 Å². The van der Waals surface area contributed by atoms with Gasteiger partial charge in [0.1, 0.15) is 0 Å². The van der Waals surface area contributed by atoms with Crippen molar-refractivity contribution in [3.8, 4) is 0 Å². The first-order valence-electron chi connectivity index (χ1n) is 6.56. The number of halogens is 2. The predicted octanol–water partition coefficient (Wildman–Crippen LogP) is 2.18. The van der Waals surface area contributed by atoms with Gasteiger partial charge in [0.05, 0.1) is 35.5 Å². The summed E-state index contributed by atoms with van der Waals surface area (Å²) in [6.07, 6.45) is 0. The summed E-state index contributed by atoms with van der Waals surface area (Å²) in [5.41, 5.74) is 1.25. The number of carbonyl (C=O) groups is 1. The summed E-state index contributed by atoms with van der Waals surface area (Å²) >= 11 is 12.2.